The quantitative estimate of drug-likeness (QED) is 0.582. The number of rotatable bonds is 2. The van der Waals surface area contributed by atoms with E-state index in [9.17, 15) is 4.79 Å². The SMILES string of the molecule is C=CCN1CCC/C(=C/C)C(=O)c2ccccc21. The summed E-state index contributed by atoms with van der Waals surface area (Å²) < 4.78 is 0. The van der Waals surface area contributed by atoms with E-state index in [1.54, 1.807) is 0 Å². The molecule has 2 heteroatoms. The van der Waals surface area contributed by atoms with Crippen molar-refractivity contribution in [2.45, 2.75) is 19.8 Å². The molecular weight excluding hydrogens is 222 g/mol. The lowest BCUT2D eigenvalue weighted by molar-refractivity contribution is 0.103. The number of nitrogens with zero attached hydrogens (tertiary/aromatic N) is 1. The van der Waals surface area contributed by atoms with Gasteiger partial charge in [-0.2, -0.15) is 0 Å². The maximum atomic E-state index is 12.4. The van der Waals surface area contributed by atoms with Crippen LogP contribution in [0.4, 0.5) is 5.69 Å². The van der Waals surface area contributed by atoms with Crippen LogP contribution in [0.1, 0.15) is 30.1 Å². The monoisotopic (exact) mass is 241 g/mol. The first-order valence-electron chi connectivity index (χ1n) is 6.42. The topological polar surface area (TPSA) is 20.3 Å². The molecule has 2 rings (SSSR count). The number of carbonyl (C=O) groups is 1. The van der Waals surface area contributed by atoms with Crippen molar-refractivity contribution in [3.8, 4) is 0 Å². The highest BCUT2D eigenvalue weighted by atomic mass is 16.1. The smallest absolute Gasteiger partial charge is 0.190 e. The zero-order valence-electron chi connectivity index (χ0n) is 10.9. The number of carbonyl (C=O) groups excluding carboxylic acids is 1. The number of fused-ring (bicyclic) bond motifs is 1. The van der Waals surface area contributed by atoms with Gasteiger partial charge in [-0.15, -0.1) is 6.58 Å². The predicted molar refractivity (Wildman–Crippen MR) is 76.2 cm³/mol. The molecule has 0 fully saturated rings. The molecule has 0 unspecified atom stereocenters. The number of ketones is 1. The van der Waals surface area contributed by atoms with Gasteiger partial charge in [-0.25, -0.2) is 0 Å². The Hall–Kier alpha value is -1.83. The average molecular weight is 241 g/mol. The van der Waals surface area contributed by atoms with Crippen molar-refractivity contribution in [1.29, 1.82) is 0 Å². The van der Waals surface area contributed by atoms with E-state index in [4.69, 9.17) is 0 Å². The summed E-state index contributed by atoms with van der Waals surface area (Å²) in [5.74, 6) is 0.168. The first-order chi connectivity index (χ1) is 8.77. The number of Topliss-reactive ketones (excluding diaryl/α,β-unsaturated/α-hetero) is 1. The van der Waals surface area contributed by atoms with Crippen molar-refractivity contribution in [2.75, 3.05) is 18.0 Å². The molecule has 0 spiro atoms. The zero-order valence-corrected chi connectivity index (χ0v) is 10.9. The fraction of sp³-hybridized carbons (Fsp3) is 0.312. The van der Waals surface area contributed by atoms with E-state index >= 15 is 0 Å². The van der Waals surface area contributed by atoms with Crippen LogP contribution in [-0.4, -0.2) is 18.9 Å². The Bertz CT molecular complexity index is 488. The van der Waals surface area contributed by atoms with Crippen molar-refractivity contribution >= 4 is 11.5 Å². The van der Waals surface area contributed by atoms with Crippen LogP contribution >= 0.6 is 0 Å². The highest BCUT2D eigenvalue weighted by Crippen LogP contribution is 2.27. The lowest BCUT2D eigenvalue weighted by Crippen LogP contribution is -2.28. The molecule has 0 bridgehead atoms. The molecule has 2 nitrogen and oxygen atoms in total. The zero-order chi connectivity index (χ0) is 13.0. The number of benzene rings is 1. The highest BCUT2D eigenvalue weighted by Gasteiger charge is 2.21. The number of hydrogen-bond acceptors (Lipinski definition) is 2. The Kier molecular flexibility index (Phi) is 3.98. The second-order valence-electron chi connectivity index (χ2n) is 4.50. The van der Waals surface area contributed by atoms with Crippen LogP contribution in [0.15, 0.2) is 48.6 Å². The molecule has 1 aliphatic heterocycles. The second kappa shape index (κ2) is 5.67. The van der Waals surface area contributed by atoms with Crippen molar-refractivity contribution in [3.63, 3.8) is 0 Å². The van der Waals surface area contributed by atoms with Crippen LogP contribution in [0, 0.1) is 0 Å². The lowest BCUT2D eigenvalue weighted by atomic mass is 9.95. The molecule has 0 amide bonds. The molecule has 18 heavy (non-hydrogen) atoms. The Labute approximate surface area is 109 Å². The summed E-state index contributed by atoms with van der Waals surface area (Å²) in [4.78, 5) is 14.7. The lowest BCUT2D eigenvalue weighted by Gasteiger charge is -2.28. The molecule has 1 aromatic rings. The molecule has 0 saturated heterocycles. The first kappa shape index (κ1) is 12.6. The van der Waals surface area contributed by atoms with Crippen molar-refractivity contribution in [2.24, 2.45) is 0 Å². The maximum absolute atomic E-state index is 12.4. The molecule has 1 aromatic carbocycles. The van der Waals surface area contributed by atoms with Gasteiger partial charge in [0.15, 0.2) is 5.78 Å². The summed E-state index contributed by atoms with van der Waals surface area (Å²) in [6.45, 7) is 7.49. The van der Waals surface area contributed by atoms with Crippen LogP contribution < -0.4 is 4.90 Å². The van der Waals surface area contributed by atoms with Gasteiger partial charge in [0.1, 0.15) is 0 Å². The van der Waals surface area contributed by atoms with Gasteiger partial charge in [-0.1, -0.05) is 24.3 Å². The Morgan fingerprint density at radius 1 is 1.39 bits per heavy atom. The molecule has 0 aromatic heterocycles. The third kappa shape index (κ3) is 2.37. The largest absolute Gasteiger partial charge is 0.367 e. The molecule has 0 N–H and O–H groups in total. The summed E-state index contributed by atoms with van der Waals surface area (Å²) in [7, 11) is 0. The Balaban J connectivity index is 2.48. The van der Waals surface area contributed by atoms with Gasteiger partial charge in [0.2, 0.25) is 0 Å². The standard InChI is InChI=1S/C16H19NO/c1-3-11-17-12-7-8-13(4-2)16(18)14-9-5-6-10-15(14)17/h3-6,9-10H,1,7-8,11-12H2,2H3/b13-4-. The van der Waals surface area contributed by atoms with E-state index in [1.807, 2.05) is 43.3 Å². The molecular formula is C16H19NO. The average Bonchev–Trinajstić information content (AvgIpc) is 2.40. The van der Waals surface area contributed by atoms with Crippen molar-refractivity contribution in [3.05, 3.63) is 54.1 Å². The summed E-state index contributed by atoms with van der Waals surface area (Å²) in [6, 6.07) is 7.86. The summed E-state index contributed by atoms with van der Waals surface area (Å²) in [5.41, 5.74) is 2.77. The third-order valence-electron chi connectivity index (χ3n) is 3.35. The van der Waals surface area contributed by atoms with Crippen LogP contribution in [0.3, 0.4) is 0 Å². The van der Waals surface area contributed by atoms with E-state index < -0.39 is 0 Å². The van der Waals surface area contributed by atoms with Gasteiger partial charge >= 0.3 is 0 Å². The van der Waals surface area contributed by atoms with Gasteiger partial charge in [-0.3, -0.25) is 4.79 Å². The van der Waals surface area contributed by atoms with Gasteiger partial charge in [0.25, 0.3) is 0 Å². The molecule has 1 heterocycles. The number of para-hydroxylation sites is 1. The van der Waals surface area contributed by atoms with Crippen LogP contribution in [0.5, 0.6) is 0 Å². The highest BCUT2D eigenvalue weighted by molar-refractivity contribution is 6.12. The Morgan fingerprint density at radius 2 is 2.17 bits per heavy atom. The molecule has 0 atom stereocenters. The number of anilines is 1. The summed E-state index contributed by atoms with van der Waals surface area (Å²) >= 11 is 0. The first-order valence-corrected chi connectivity index (χ1v) is 6.42. The van der Waals surface area contributed by atoms with Gasteiger partial charge in [0, 0.05) is 24.3 Å². The minimum atomic E-state index is 0.168. The van der Waals surface area contributed by atoms with Crippen molar-refractivity contribution in [1.82, 2.24) is 0 Å². The number of hydrogen-bond donors (Lipinski definition) is 0. The molecule has 0 radical (unpaired) electrons. The van der Waals surface area contributed by atoms with Crippen molar-refractivity contribution < 1.29 is 4.79 Å². The van der Waals surface area contributed by atoms with Gasteiger partial charge < -0.3 is 4.90 Å². The van der Waals surface area contributed by atoms with Gasteiger partial charge in [0.05, 0.1) is 0 Å². The molecule has 0 aliphatic carbocycles. The summed E-state index contributed by atoms with van der Waals surface area (Å²) in [6.07, 6.45) is 5.70. The Morgan fingerprint density at radius 3 is 2.89 bits per heavy atom. The molecule has 94 valence electrons. The summed E-state index contributed by atoms with van der Waals surface area (Å²) in [5, 5.41) is 0. The predicted octanol–water partition coefficient (Wildman–Crippen LogP) is 3.60. The van der Waals surface area contributed by atoms with Crippen LogP contribution in [-0.2, 0) is 0 Å². The maximum Gasteiger partial charge on any atom is 0.190 e. The molecule has 0 saturated carbocycles. The minimum Gasteiger partial charge on any atom is -0.367 e. The minimum absolute atomic E-state index is 0.168. The third-order valence-corrected chi connectivity index (χ3v) is 3.35. The fourth-order valence-corrected chi connectivity index (χ4v) is 2.43. The van der Waals surface area contributed by atoms with Crippen LogP contribution in [0.25, 0.3) is 0 Å². The van der Waals surface area contributed by atoms with Crippen LogP contribution in [0.2, 0.25) is 0 Å². The van der Waals surface area contributed by atoms with E-state index in [2.05, 4.69) is 11.5 Å². The number of allylic oxidation sites excluding steroid dienone is 2. The fourth-order valence-electron chi connectivity index (χ4n) is 2.43. The second-order valence-corrected chi connectivity index (χ2v) is 4.50. The molecule has 1 aliphatic rings. The van der Waals surface area contributed by atoms with E-state index in [0.29, 0.717) is 0 Å². The normalized spacial score (nSPS) is 18.2. The van der Waals surface area contributed by atoms with E-state index in [-0.39, 0.29) is 5.78 Å². The van der Waals surface area contributed by atoms with Gasteiger partial charge in [-0.05, 0) is 37.5 Å². The van der Waals surface area contributed by atoms with E-state index in [1.165, 1.54) is 0 Å². The van der Waals surface area contributed by atoms with E-state index in [0.717, 1.165) is 42.8 Å².